The van der Waals surface area contributed by atoms with Crippen LogP contribution in [0.15, 0.2) is 48.5 Å². The van der Waals surface area contributed by atoms with E-state index in [2.05, 4.69) is 54.5 Å². The monoisotopic (exact) mass is 1200 g/mol. The fourth-order valence-corrected chi connectivity index (χ4v) is 7.91. The number of urea groups is 1. The summed E-state index contributed by atoms with van der Waals surface area (Å²) in [6.45, 7) is 0.224. The maximum absolute atomic E-state index is 13.9. The van der Waals surface area contributed by atoms with Gasteiger partial charge in [0.25, 0.3) is 5.91 Å². The van der Waals surface area contributed by atoms with E-state index in [1.54, 1.807) is 29.2 Å². The highest BCUT2D eigenvalue weighted by Gasteiger charge is 2.28. The number of unbranched alkanes of at least 4 members (excludes halogenated alkanes) is 2. The summed E-state index contributed by atoms with van der Waals surface area (Å²) >= 11 is 2.16. The summed E-state index contributed by atoms with van der Waals surface area (Å²) in [5, 5.41) is 80.5. The van der Waals surface area contributed by atoms with Crippen molar-refractivity contribution >= 4 is 88.1 Å². The minimum atomic E-state index is -1.55. The number of carboxylic acids is 7. The fraction of sp³-hybridized carbons (Fsp3) is 0.531. The molecular formula is C49H70IN9O18. The molecule has 0 bridgehead atoms. The lowest BCUT2D eigenvalue weighted by Gasteiger charge is -2.31. The summed E-state index contributed by atoms with van der Waals surface area (Å²) in [4.78, 5) is 136. The molecule has 0 heterocycles. The molecule has 1 unspecified atom stereocenters. The summed E-state index contributed by atoms with van der Waals surface area (Å²) in [6.07, 6.45) is 0.260. The first kappa shape index (κ1) is 66.1. The molecule has 0 aliphatic rings. The summed E-state index contributed by atoms with van der Waals surface area (Å²) in [7, 11) is 0. The number of carbonyl (C=O) groups excluding carboxylic acids is 4. The smallest absolute Gasteiger partial charge is 0.326 e. The summed E-state index contributed by atoms with van der Waals surface area (Å²) < 4.78 is 0.987. The van der Waals surface area contributed by atoms with Crippen LogP contribution in [0.3, 0.4) is 0 Å². The second-order valence-electron chi connectivity index (χ2n) is 17.7. The third-order valence-electron chi connectivity index (χ3n) is 11.6. The molecule has 0 saturated heterocycles. The van der Waals surface area contributed by atoms with E-state index >= 15 is 0 Å². The predicted molar refractivity (Wildman–Crippen MR) is 282 cm³/mol. The van der Waals surface area contributed by atoms with Crippen LogP contribution in [-0.4, -0.2) is 206 Å². The van der Waals surface area contributed by atoms with E-state index in [0.717, 1.165) is 9.13 Å². The quantitative estimate of drug-likeness (QED) is 0.0315. The van der Waals surface area contributed by atoms with Crippen LogP contribution >= 0.6 is 22.6 Å². The van der Waals surface area contributed by atoms with Gasteiger partial charge in [0, 0.05) is 93.8 Å². The van der Waals surface area contributed by atoms with Gasteiger partial charge in [-0.15, -0.1) is 0 Å². The lowest BCUT2D eigenvalue weighted by Crippen LogP contribution is -2.51. The van der Waals surface area contributed by atoms with E-state index in [0.29, 0.717) is 30.4 Å². The molecule has 0 fully saturated rings. The SMILES string of the molecule is O=C(O)CC[C@@H](NC(=O)N[C@H](CCCCN(Cc1ccc(I)cc1)C(=O)c1ccc(CNC(=O)CCCCNC(=O)CCC(C(=O)O)N(CCNCC(=O)O)CCN(CCNCC(=O)O)CC(=O)O)cc1)C(=O)O)C(=O)O. The number of nitrogens with one attached hydrogen (secondary N) is 6. The number of benzene rings is 2. The van der Waals surface area contributed by atoms with Crippen molar-refractivity contribution in [3.8, 4) is 0 Å². The zero-order valence-corrected chi connectivity index (χ0v) is 44.6. The first-order valence-electron chi connectivity index (χ1n) is 24.7. The molecule has 0 aliphatic carbocycles. The van der Waals surface area contributed by atoms with Gasteiger partial charge in [-0.25, -0.2) is 14.4 Å². The van der Waals surface area contributed by atoms with Crippen molar-refractivity contribution in [1.82, 2.24) is 46.6 Å². The number of carboxylic acid groups (broad SMARTS) is 7. The summed E-state index contributed by atoms with van der Waals surface area (Å²) in [5.74, 6) is -9.74. The minimum absolute atomic E-state index is 0.0400. The van der Waals surface area contributed by atoms with Crippen LogP contribution in [0.4, 0.5) is 4.79 Å². The van der Waals surface area contributed by atoms with Gasteiger partial charge in [0.05, 0.1) is 19.6 Å². The number of aliphatic carboxylic acids is 7. The molecule has 0 aromatic heterocycles. The Morgan fingerprint density at radius 1 is 0.506 bits per heavy atom. The maximum Gasteiger partial charge on any atom is 0.326 e. The summed E-state index contributed by atoms with van der Waals surface area (Å²) in [6, 6.07) is 8.94. The van der Waals surface area contributed by atoms with Crippen molar-refractivity contribution in [3.63, 3.8) is 0 Å². The average molecular weight is 1200 g/mol. The Morgan fingerprint density at radius 2 is 1.09 bits per heavy atom. The first-order chi connectivity index (χ1) is 36.5. The Balaban J connectivity index is 1.90. The van der Waals surface area contributed by atoms with E-state index in [1.165, 1.54) is 9.80 Å². The van der Waals surface area contributed by atoms with Crippen LogP contribution in [0, 0.1) is 3.57 Å². The van der Waals surface area contributed by atoms with Gasteiger partial charge in [-0.3, -0.25) is 48.2 Å². The highest BCUT2D eigenvalue weighted by molar-refractivity contribution is 14.1. The molecule has 0 aliphatic heterocycles. The Labute approximate surface area is 457 Å². The number of rotatable bonds is 42. The predicted octanol–water partition coefficient (Wildman–Crippen LogP) is 0.347. The Kier molecular flexibility index (Phi) is 31.6. The number of hydrogen-bond acceptors (Lipinski definition) is 15. The van der Waals surface area contributed by atoms with Gasteiger partial charge in [-0.1, -0.05) is 24.3 Å². The first-order valence-corrected chi connectivity index (χ1v) is 25.8. The van der Waals surface area contributed by atoms with Gasteiger partial charge >= 0.3 is 47.8 Å². The minimum Gasteiger partial charge on any atom is -0.481 e. The van der Waals surface area contributed by atoms with Crippen molar-refractivity contribution in [2.75, 3.05) is 72.0 Å². The van der Waals surface area contributed by atoms with Crippen LogP contribution in [-0.2, 0) is 56.2 Å². The van der Waals surface area contributed by atoms with E-state index in [-0.39, 0.29) is 122 Å². The Morgan fingerprint density at radius 3 is 1.66 bits per heavy atom. The standard InChI is InChI=1S/C49H70IN9O18/c50-35-13-9-33(10-14-35)30-59(22-4-2-5-36(46(71)72)55-49(77)56-37(47(73)74)15-18-41(62)63)45(70)34-11-7-32(8-12-34)27-54-39(60)6-1-3-19-53-40(61)17-16-38(48(75)76)58(24-21-52-29-43(66)67)26-25-57(31-44(68)69)23-20-51-28-42(64)65/h7-14,36-38,51-52H,1-6,15-31H2,(H,53,61)(H,54,60)(H,62,63)(H,64,65)(H,66,67)(H,68,69)(H,71,72)(H,73,74)(H,75,76)(H2,55,56,77)/t36-,37-,38?/m1/s1. The molecule has 77 heavy (non-hydrogen) atoms. The van der Waals surface area contributed by atoms with Crippen molar-refractivity contribution in [2.45, 2.75) is 95.4 Å². The normalized spacial score (nSPS) is 12.2. The number of carbonyl (C=O) groups is 11. The van der Waals surface area contributed by atoms with Crippen molar-refractivity contribution < 1.29 is 88.5 Å². The van der Waals surface area contributed by atoms with Crippen LogP contribution in [0.25, 0.3) is 0 Å². The number of halogens is 1. The molecule has 2 rings (SSSR count). The lowest BCUT2D eigenvalue weighted by atomic mass is 10.1. The van der Waals surface area contributed by atoms with E-state index in [4.69, 9.17) is 15.3 Å². The molecule has 27 nitrogen and oxygen atoms in total. The Hall–Kier alpha value is -7.02. The molecule has 2 aromatic carbocycles. The molecule has 2 aromatic rings. The fourth-order valence-electron chi connectivity index (χ4n) is 7.55. The molecule has 0 spiro atoms. The van der Waals surface area contributed by atoms with E-state index in [9.17, 15) is 73.2 Å². The van der Waals surface area contributed by atoms with E-state index < -0.39 is 91.2 Å². The maximum atomic E-state index is 13.9. The summed E-state index contributed by atoms with van der Waals surface area (Å²) in [5.41, 5.74) is 1.90. The number of hydrogen-bond donors (Lipinski definition) is 13. The average Bonchev–Trinajstić information content (AvgIpc) is 3.36. The second-order valence-corrected chi connectivity index (χ2v) is 18.9. The van der Waals surface area contributed by atoms with Gasteiger partial charge in [0.2, 0.25) is 11.8 Å². The largest absolute Gasteiger partial charge is 0.481 e. The molecule has 0 radical (unpaired) electrons. The number of nitrogens with zero attached hydrogens (tertiary/aromatic N) is 3. The lowest BCUT2D eigenvalue weighted by molar-refractivity contribution is -0.145. The molecule has 0 saturated carbocycles. The van der Waals surface area contributed by atoms with Crippen molar-refractivity contribution in [2.24, 2.45) is 0 Å². The van der Waals surface area contributed by atoms with Gasteiger partial charge in [0.15, 0.2) is 0 Å². The van der Waals surface area contributed by atoms with Crippen molar-refractivity contribution in [3.05, 3.63) is 68.8 Å². The molecule has 13 N–H and O–H groups in total. The van der Waals surface area contributed by atoms with Crippen LogP contribution in [0.1, 0.15) is 85.7 Å². The van der Waals surface area contributed by atoms with Crippen molar-refractivity contribution in [1.29, 1.82) is 0 Å². The van der Waals surface area contributed by atoms with Crippen LogP contribution in [0.5, 0.6) is 0 Å². The van der Waals surface area contributed by atoms with Gasteiger partial charge in [0.1, 0.15) is 18.1 Å². The molecule has 3 atom stereocenters. The van der Waals surface area contributed by atoms with E-state index in [1.807, 2.05) is 24.3 Å². The molecular weight excluding hydrogens is 1130 g/mol. The van der Waals surface area contributed by atoms with Gasteiger partial charge < -0.3 is 72.5 Å². The third kappa shape index (κ3) is 29.8. The molecule has 426 valence electrons. The number of amides is 5. The van der Waals surface area contributed by atoms with Gasteiger partial charge in [-0.2, -0.15) is 0 Å². The highest BCUT2D eigenvalue weighted by Crippen LogP contribution is 2.16. The second kappa shape index (κ2) is 36.9. The van der Waals surface area contributed by atoms with Crippen LogP contribution in [0.2, 0.25) is 0 Å². The topological polar surface area (TPSA) is 411 Å². The van der Waals surface area contributed by atoms with Crippen LogP contribution < -0.4 is 31.9 Å². The molecule has 5 amide bonds. The zero-order chi connectivity index (χ0) is 57.3. The highest BCUT2D eigenvalue weighted by atomic mass is 127. The zero-order valence-electron chi connectivity index (χ0n) is 42.5. The van der Waals surface area contributed by atoms with Gasteiger partial charge in [-0.05, 0) is 103 Å². The third-order valence-corrected chi connectivity index (χ3v) is 12.3. The molecule has 28 heteroatoms. The Bertz CT molecular complexity index is 2270.